The molecular formula is C14H19NO4. The lowest BCUT2D eigenvalue weighted by atomic mass is 10.2. The van der Waals surface area contributed by atoms with Crippen molar-refractivity contribution in [1.29, 1.82) is 0 Å². The van der Waals surface area contributed by atoms with Crippen LogP contribution in [0.4, 0.5) is 0 Å². The minimum absolute atomic E-state index is 0.131. The number of benzene rings is 1. The van der Waals surface area contributed by atoms with Crippen LogP contribution in [-0.4, -0.2) is 54.4 Å². The van der Waals surface area contributed by atoms with Crippen molar-refractivity contribution in [2.75, 3.05) is 33.4 Å². The van der Waals surface area contributed by atoms with Gasteiger partial charge in [-0.1, -0.05) is 18.2 Å². The smallest absolute Gasteiger partial charge is 0.246 e. The van der Waals surface area contributed by atoms with Crippen LogP contribution in [-0.2, 0) is 4.79 Å². The molecule has 5 nitrogen and oxygen atoms in total. The van der Waals surface area contributed by atoms with Crippen molar-refractivity contribution in [1.82, 2.24) is 4.90 Å². The zero-order valence-corrected chi connectivity index (χ0v) is 11.0. The second-order valence-electron chi connectivity index (χ2n) is 3.85. The lowest BCUT2D eigenvalue weighted by molar-refractivity contribution is -0.126. The molecule has 104 valence electrons. The van der Waals surface area contributed by atoms with Gasteiger partial charge in [-0.3, -0.25) is 4.79 Å². The molecule has 0 radical (unpaired) electrons. The Balaban J connectivity index is 2.76. The number of para-hydroxylation sites is 1. The molecule has 0 spiro atoms. The number of carbonyl (C=O) groups excluding carboxylic acids is 1. The van der Waals surface area contributed by atoms with E-state index in [1.165, 1.54) is 11.0 Å². The molecule has 5 heteroatoms. The molecular weight excluding hydrogens is 246 g/mol. The van der Waals surface area contributed by atoms with Gasteiger partial charge in [0.2, 0.25) is 5.91 Å². The van der Waals surface area contributed by atoms with Gasteiger partial charge in [0.1, 0.15) is 5.75 Å². The van der Waals surface area contributed by atoms with Crippen molar-refractivity contribution >= 4 is 12.0 Å². The van der Waals surface area contributed by atoms with E-state index in [2.05, 4.69) is 0 Å². The first-order chi connectivity index (χ1) is 9.22. The molecule has 0 aromatic heterocycles. The van der Waals surface area contributed by atoms with Gasteiger partial charge in [-0.05, 0) is 12.1 Å². The van der Waals surface area contributed by atoms with Crippen LogP contribution in [0.15, 0.2) is 30.3 Å². The number of hydrogen-bond acceptors (Lipinski definition) is 4. The van der Waals surface area contributed by atoms with Crippen LogP contribution in [0.3, 0.4) is 0 Å². The summed E-state index contributed by atoms with van der Waals surface area (Å²) in [6.07, 6.45) is 3.06. The minimum Gasteiger partial charge on any atom is -0.496 e. The number of rotatable bonds is 7. The fraction of sp³-hybridized carbons (Fsp3) is 0.357. The molecule has 0 atom stereocenters. The maximum atomic E-state index is 11.9. The van der Waals surface area contributed by atoms with E-state index < -0.39 is 0 Å². The molecule has 1 amide bonds. The Morgan fingerprint density at radius 1 is 1.26 bits per heavy atom. The summed E-state index contributed by atoms with van der Waals surface area (Å²) >= 11 is 0. The maximum absolute atomic E-state index is 11.9. The lowest BCUT2D eigenvalue weighted by Gasteiger charge is -2.18. The Labute approximate surface area is 112 Å². The largest absolute Gasteiger partial charge is 0.496 e. The van der Waals surface area contributed by atoms with E-state index in [1.54, 1.807) is 13.2 Å². The Bertz CT molecular complexity index is 425. The molecule has 1 rings (SSSR count). The monoisotopic (exact) mass is 265 g/mol. The molecule has 0 saturated heterocycles. The van der Waals surface area contributed by atoms with E-state index in [-0.39, 0.29) is 32.2 Å². The van der Waals surface area contributed by atoms with Gasteiger partial charge in [0.25, 0.3) is 0 Å². The number of nitrogens with zero attached hydrogens (tertiary/aromatic N) is 1. The number of amides is 1. The molecule has 0 aliphatic carbocycles. The Morgan fingerprint density at radius 3 is 2.47 bits per heavy atom. The van der Waals surface area contributed by atoms with E-state index in [0.717, 1.165) is 5.56 Å². The van der Waals surface area contributed by atoms with E-state index in [9.17, 15) is 4.79 Å². The van der Waals surface area contributed by atoms with Gasteiger partial charge in [-0.25, -0.2) is 0 Å². The van der Waals surface area contributed by atoms with E-state index in [0.29, 0.717) is 5.75 Å². The fourth-order valence-electron chi connectivity index (χ4n) is 1.64. The summed E-state index contributed by atoms with van der Waals surface area (Å²) in [5, 5.41) is 17.7. The highest BCUT2D eigenvalue weighted by molar-refractivity contribution is 5.92. The third-order valence-electron chi connectivity index (χ3n) is 2.60. The van der Waals surface area contributed by atoms with Crippen LogP contribution in [0.25, 0.3) is 6.08 Å². The summed E-state index contributed by atoms with van der Waals surface area (Å²) in [4.78, 5) is 13.3. The van der Waals surface area contributed by atoms with Gasteiger partial charge in [-0.2, -0.15) is 0 Å². The average molecular weight is 265 g/mol. The molecule has 0 fully saturated rings. The first-order valence-electron chi connectivity index (χ1n) is 6.04. The van der Waals surface area contributed by atoms with Gasteiger partial charge in [0.05, 0.1) is 20.3 Å². The van der Waals surface area contributed by atoms with E-state index in [1.807, 2.05) is 24.3 Å². The van der Waals surface area contributed by atoms with Crippen LogP contribution >= 0.6 is 0 Å². The Hall–Kier alpha value is -1.85. The predicted octanol–water partition coefficient (Wildman–Crippen LogP) is 0.522. The number of carbonyl (C=O) groups is 1. The molecule has 0 saturated carbocycles. The van der Waals surface area contributed by atoms with Gasteiger partial charge < -0.3 is 19.8 Å². The van der Waals surface area contributed by atoms with Crippen LogP contribution in [0.2, 0.25) is 0 Å². The molecule has 19 heavy (non-hydrogen) atoms. The highest BCUT2D eigenvalue weighted by Gasteiger charge is 2.09. The highest BCUT2D eigenvalue weighted by atomic mass is 16.5. The number of ether oxygens (including phenoxy) is 1. The van der Waals surface area contributed by atoms with Gasteiger partial charge in [0.15, 0.2) is 0 Å². The van der Waals surface area contributed by atoms with E-state index >= 15 is 0 Å². The second kappa shape index (κ2) is 8.29. The third kappa shape index (κ3) is 4.73. The van der Waals surface area contributed by atoms with Crippen molar-refractivity contribution in [2.45, 2.75) is 0 Å². The van der Waals surface area contributed by atoms with Gasteiger partial charge in [-0.15, -0.1) is 0 Å². The average Bonchev–Trinajstić information content (AvgIpc) is 2.44. The van der Waals surface area contributed by atoms with Gasteiger partial charge >= 0.3 is 0 Å². The SMILES string of the molecule is COc1ccccc1/C=C/C(=O)N(CCO)CCO. The quantitative estimate of drug-likeness (QED) is 0.705. The summed E-state index contributed by atoms with van der Waals surface area (Å²) in [5.41, 5.74) is 0.797. The Kier molecular flexibility index (Phi) is 6.63. The molecule has 1 aromatic rings. The first kappa shape index (κ1) is 15.2. The van der Waals surface area contributed by atoms with Crippen LogP contribution in [0.1, 0.15) is 5.56 Å². The van der Waals surface area contributed by atoms with Crippen molar-refractivity contribution in [3.8, 4) is 5.75 Å². The number of aliphatic hydroxyl groups excluding tert-OH is 2. The van der Waals surface area contributed by atoms with Crippen LogP contribution in [0.5, 0.6) is 5.75 Å². The first-order valence-corrected chi connectivity index (χ1v) is 6.04. The lowest BCUT2D eigenvalue weighted by Crippen LogP contribution is -2.34. The zero-order valence-electron chi connectivity index (χ0n) is 11.0. The van der Waals surface area contributed by atoms with Crippen molar-refractivity contribution in [3.63, 3.8) is 0 Å². The summed E-state index contributed by atoms with van der Waals surface area (Å²) in [5.74, 6) is 0.427. The topological polar surface area (TPSA) is 70.0 Å². The minimum atomic E-state index is -0.256. The fourth-order valence-corrected chi connectivity index (χ4v) is 1.64. The summed E-state index contributed by atoms with van der Waals surface area (Å²) in [6, 6.07) is 7.35. The van der Waals surface area contributed by atoms with Crippen LogP contribution < -0.4 is 4.74 Å². The summed E-state index contributed by atoms with van der Waals surface area (Å²) < 4.78 is 5.18. The third-order valence-corrected chi connectivity index (χ3v) is 2.60. The number of methoxy groups -OCH3 is 1. The normalized spacial score (nSPS) is 10.7. The predicted molar refractivity (Wildman–Crippen MR) is 72.8 cm³/mol. The molecule has 1 aromatic carbocycles. The van der Waals surface area contributed by atoms with E-state index in [4.69, 9.17) is 14.9 Å². The Morgan fingerprint density at radius 2 is 1.89 bits per heavy atom. The molecule has 0 aliphatic rings. The maximum Gasteiger partial charge on any atom is 0.246 e. The van der Waals surface area contributed by atoms with Crippen LogP contribution in [0, 0.1) is 0 Å². The summed E-state index contributed by atoms with van der Waals surface area (Å²) in [7, 11) is 1.57. The second-order valence-corrected chi connectivity index (χ2v) is 3.85. The number of aliphatic hydroxyl groups is 2. The van der Waals surface area contributed by atoms with Crippen molar-refractivity contribution < 1.29 is 19.7 Å². The number of hydrogen-bond donors (Lipinski definition) is 2. The molecule has 0 heterocycles. The highest BCUT2D eigenvalue weighted by Crippen LogP contribution is 2.18. The summed E-state index contributed by atoms with van der Waals surface area (Å²) in [6.45, 7) is 0.147. The van der Waals surface area contributed by atoms with Crippen molar-refractivity contribution in [2.24, 2.45) is 0 Å². The van der Waals surface area contributed by atoms with Gasteiger partial charge in [0, 0.05) is 24.7 Å². The van der Waals surface area contributed by atoms with Crippen molar-refractivity contribution in [3.05, 3.63) is 35.9 Å². The molecule has 0 aliphatic heterocycles. The standard InChI is InChI=1S/C14H19NO4/c1-19-13-5-3-2-4-12(13)6-7-14(18)15(8-10-16)9-11-17/h2-7,16-17H,8-11H2,1H3/b7-6+. The molecule has 2 N–H and O–H groups in total. The molecule has 0 unspecified atom stereocenters. The molecule has 0 bridgehead atoms. The zero-order chi connectivity index (χ0) is 14.1.